The molecule has 0 spiro atoms. The van der Waals surface area contributed by atoms with E-state index in [-0.39, 0.29) is 18.1 Å². The molecule has 2 aromatic rings. The molecule has 0 atom stereocenters. The van der Waals surface area contributed by atoms with E-state index < -0.39 is 4.92 Å². The summed E-state index contributed by atoms with van der Waals surface area (Å²) in [5.41, 5.74) is 0.558. The van der Waals surface area contributed by atoms with Gasteiger partial charge in [0.15, 0.2) is 0 Å². The van der Waals surface area contributed by atoms with Gasteiger partial charge in [0.2, 0.25) is 0 Å². The Balaban J connectivity index is 2.12. The van der Waals surface area contributed by atoms with Crippen LogP contribution in [0.25, 0.3) is 0 Å². The highest BCUT2D eigenvalue weighted by atomic mass is 16.6. The van der Waals surface area contributed by atoms with Crippen LogP contribution in [0.2, 0.25) is 0 Å². The van der Waals surface area contributed by atoms with Crippen molar-refractivity contribution in [3.63, 3.8) is 0 Å². The summed E-state index contributed by atoms with van der Waals surface area (Å²) in [6.45, 7) is 0.262. The molecule has 1 aromatic heterocycles. The van der Waals surface area contributed by atoms with Crippen molar-refractivity contribution in [1.82, 2.24) is 15.3 Å². The first-order valence-electron chi connectivity index (χ1n) is 5.84. The molecule has 0 saturated carbocycles. The number of rotatable bonds is 5. The number of amides is 1. The van der Waals surface area contributed by atoms with Crippen molar-refractivity contribution in [3.05, 3.63) is 52.1 Å². The third kappa shape index (κ3) is 2.91. The second kappa shape index (κ2) is 5.83. The Bertz CT molecular complexity index is 624. The van der Waals surface area contributed by atoms with Gasteiger partial charge in [0.25, 0.3) is 11.6 Å². The predicted molar refractivity (Wildman–Crippen MR) is 72.4 cm³/mol. The number of hydrogen-bond donors (Lipinski definition) is 3. The Morgan fingerprint density at radius 2 is 2.30 bits per heavy atom. The van der Waals surface area contributed by atoms with Gasteiger partial charge in [0.05, 0.1) is 11.5 Å². The van der Waals surface area contributed by atoms with Gasteiger partial charge in [-0.15, -0.1) is 0 Å². The Morgan fingerprint density at radius 3 is 2.90 bits per heavy atom. The van der Waals surface area contributed by atoms with Crippen molar-refractivity contribution in [2.24, 2.45) is 0 Å². The Hall–Kier alpha value is -2.90. The fraction of sp³-hybridized carbons (Fsp3) is 0.167. The zero-order valence-electron chi connectivity index (χ0n) is 10.7. The van der Waals surface area contributed by atoms with Crippen LogP contribution >= 0.6 is 0 Å². The maximum Gasteiger partial charge on any atom is 0.292 e. The number of nitro groups is 1. The molecule has 0 saturated heterocycles. The molecule has 1 aromatic carbocycles. The average Bonchev–Trinajstić information content (AvgIpc) is 2.97. The number of carbonyl (C=O) groups excluding carboxylic acids is 1. The number of imidazole rings is 1. The fourth-order valence-electron chi connectivity index (χ4n) is 1.70. The second-order valence-electron chi connectivity index (χ2n) is 3.96. The van der Waals surface area contributed by atoms with E-state index in [1.54, 1.807) is 19.4 Å². The SMILES string of the molecule is CNc1cc(C(=O)NCc2ncc[nH]2)ccc1[N+](=O)[O-]. The molecule has 0 aliphatic heterocycles. The summed E-state index contributed by atoms with van der Waals surface area (Å²) in [7, 11) is 1.56. The molecule has 1 amide bonds. The quantitative estimate of drug-likeness (QED) is 0.562. The lowest BCUT2D eigenvalue weighted by Crippen LogP contribution is -2.23. The number of aromatic amines is 1. The molecule has 1 heterocycles. The van der Waals surface area contributed by atoms with Crippen LogP contribution in [0.5, 0.6) is 0 Å². The van der Waals surface area contributed by atoms with Crippen LogP contribution < -0.4 is 10.6 Å². The highest BCUT2D eigenvalue weighted by Gasteiger charge is 2.15. The van der Waals surface area contributed by atoms with Crippen molar-refractivity contribution in [1.29, 1.82) is 0 Å². The van der Waals surface area contributed by atoms with Gasteiger partial charge in [-0.05, 0) is 12.1 Å². The largest absolute Gasteiger partial charge is 0.383 e. The van der Waals surface area contributed by atoms with Crippen LogP contribution in [0.3, 0.4) is 0 Å². The maximum absolute atomic E-state index is 11.9. The maximum atomic E-state index is 11.9. The molecule has 0 radical (unpaired) electrons. The number of nitrogens with zero attached hydrogens (tertiary/aromatic N) is 2. The number of carbonyl (C=O) groups is 1. The van der Waals surface area contributed by atoms with Crippen molar-refractivity contribution in [2.75, 3.05) is 12.4 Å². The molecule has 0 unspecified atom stereocenters. The number of nitrogens with one attached hydrogen (secondary N) is 3. The van der Waals surface area contributed by atoms with E-state index >= 15 is 0 Å². The summed E-state index contributed by atoms with van der Waals surface area (Å²) in [4.78, 5) is 29.1. The van der Waals surface area contributed by atoms with E-state index in [0.717, 1.165) is 0 Å². The van der Waals surface area contributed by atoms with E-state index in [9.17, 15) is 14.9 Å². The lowest BCUT2D eigenvalue weighted by Gasteiger charge is -2.06. The van der Waals surface area contributed by atoms with Gasteiger partial charge in [-0.3, -0.25) is 14.9 Å². The zero-order valence-corrected chi connectivity index (χ0v) is 10.7. The van der Waals surface area contributed by atoms with Crippen molar-refractivity contribution < 1.29 is 9.72 Å². The van der Waals surface area contributed by atoms with Crippen LogP contribution in [0.15, 0.2) is 30.6 Å². The summed E-state index contributed by atoms with van der Waals surface area (Å²) in [5.74, 6) is 0.307. The third-order valence-corrected chi connectivity index (χ3v) is 2.70. The topological polar surface area (TPSA) is 113 Å². The number of benzene rings is 1. The van der Waals surface area contributed by atoms with Crippen LogP contribution in [-0.4, -0.2) is 27.8 Å². The van der Waals surface area contributed by atoms with Crippen LogP contribution in [0.1, 0.15) is 16.2 Å². The lowest BCUT2D eigenvalue weighted by atomic mass is 10.1. The molecule has 0 aliphatic rings. The van der Waals surface area contributed by atoms with Gasteiger partial charge < -0.3 is 15.6 Å². The zero-order chi connectivity index (χ0) is 14.5. The first-order chi connectivity index (χ1) is 9.61. The summed E-state index contributed by atoms with van der Waals surface area (Å²) < 4.78 is 0. The van der Waals surface area contributed by atoms with Gasteiger partial charge in [-0.2, -0.15) is 0 Å². The number of aromatic nitrogens is 2. The van der Waals surface area contributed by atoms with E-state index in [2.05, 4.69) is 20.6 Å². The second-order valence-corrected chi connectivity index (χ2v) is 3.96. The fourth-order valence-corrected chi connectivity index (χ4v) is 1.70. The third-order valence-electron chi connectivity index (χ3n) is 2.70. The Kier molecular flexibility index (Phi) is 3.94. The number of H-pyrrole nitrogens is 1. The summed E-state index contributed by atoms with van der Waals surface area (Å²) in [6.07, 6.45) is 3.25. The molecule has 0 aliphatic carbocycles. The monoisotopic (exact) mass is 275 g/mol. The van der Waals surface area contributed by atoms with Gasteiger partial charge in [0, 0.05) is 31.1 Å². The van der Waals surface area contributed by atoms with E-state index in [4.69, 9.17) is 0 Å². The van der Waals surface area contributed by atoms with Gasteiger partial charge in [0.1, 0.15) is 11.5 Å². The molecule has 8 heteroatoms. The molecule has 2 rings (SSSR count). The minimum absolute atomic E-state index is 0.0740. The summed E-state index contributed by atoms with van der Waals surface area (Å²) in [5, 5.41) is 16.2. The summed E-state index contributed by atoms with van der Waals surface area (Å²) in [6, 6.07) is 4.15. The molecule has 104 valence electrons. The van der Waals surface area contributed by atoms with Crippen molar-refractivity contribution in [2.45, 2.75) is 6.54 Å². The smallest absolute Gasteiger partial charge is 0.292 e. The Labute approximate surface area is 114 Å². The van der Waals surface area contributed by atoms with Crippen molar-refractivity contribution >= 4 is 17.3 Å². The molecule has 20 heavy (non-hydrogen) atoms. The van der Waals surface area contributed by atoms with Crippen molar-refractivity contribution in [3.8, 4) is 0 Å². The number of hydrogen-bond acceptors (Lipinski definition) is 5. The first-order valence-corrected chi connectivity index (χ1v) is 5.84. The molecular formula is C12H13N5O3. The summed E-state index contributed by atoms with van der Waals surface area (Å²) >= 11 is 0. The standard InChI is InChI=1S/C12H13N5O3/c1-13-9-6-8(2-3-10(9)17(19)20)12(18)16-7-11-14-4-5-15-11/h2-6,13H,7H2,1H3,(H,14,15)(H,16,18). The minimum atomic E-state index is -0.504. The van der Waals surface area contributed by atoms with Crippen LogP contribution in [0.4, 0.5) is 11.4 Å². The molecule has 3 N–H and O–H groups in total. The number of anilines is 1. The van der Waals surface area contributed by atoms with Crippen LogP contribution in [0, 0.1) is 10.1 Å². The first kappa shape index (κ1) is 13.5. The van der Waals surface area contributed by atoms with Crippen LogP contribution in [-0.2, 0) is 6.54 Å². The van der Waals surface area contributed by atoms with E-state index in [1.165, 1.54) is 18.2 Å². The van der Waals surface area contributed by atoms with Gasteiger partial charge >= 0.3 is 0 Å². The number of nitro benzene ring substituents is 1. The predicted octanol–water partition coefficient (Wildman–Crippen LogP) is 1.29. The highest BCUT2D eigenvalue weighted by molar-refractivity contribution is 5.95. The molecule has 8 nitrogen and oxygen atoms in total. The molecule has 0 bridgehead atoms. The Morgan fingerprint density at radius 1 is 1.50 bits per heavy atom. The molecular weight excluding hydrogens is 262 g/mol. The lowest BCUT2D eigenvalue weighted by molar-refractivity contribution is -0.383. The van der Waals surface area contributed by atoms with E-state index in [0.29, 0.717) is 17.1 Å². The molecule has 0 fully saturated rings. The highest BCUT2D eigenvalue weighted by Crippen LogP contribution is 2.24. The normalized spacial score (nSPS) is 10.1. The average molecular weight is 275 g/mol. The van der Waals surface area contributed by atoms with E-state index in [1.807, 2.05) is 0 Å². The van der Waals surface area contributed by atoms with Gasteiger partial charge in [-0.25, -0.2) is 4.98 Å². The minimum Gasteiger partial charge on any atom is -0.383 e. The van der Waals surface area contributed by atoms with Gasteiger partial charge in [-0.1, -0.05) is 0 Å².